The lowest BCUT2D eigenvalue weighted by molar-refractivity contribution is 0.458. The van der Waals surface area contributed by atoms with Crippen LogP contribution >= 0.6 is 0 Å². The Morgan fingerprint density at radius 2 is 1.12 bits per heavy atom. The zero-order valence-corrected chi connectivity index (χ0v) is 7.85. The summed E-state index contributed by atoms with van der Waals surface area (Å²) < 4.78 is 25.7. The molecule has 0 fully saturated rings. The second-order valence-electron chi connectivity index (χ2n) is 3.00. The van der Waals surface area contributed by atoms with Crippen molar-refractivity contribution in [3.63, 3.8) is 0 Å². The summed E-state index contributed by atoms with van der Waals surface area (Å²) >= 11 is 0. The summed E-state index contributed by atoms with van der Waals surface area (Å²) in [5, 5.41) is 18.8. The van der Waals surface area contributed by atoms with E-state index in [1.807, 2.05) is 0 Å². The van der Waals surface area contributed by atoms with E-state index in [1.165, 1.54) is 0 Å². The molecule has 0 radical (unpaired) electrons. The molecule has 0 aliphatic heterocycles. The van der Waals surface area contributed by atoms with Crippen molar-refractivity contribution in [2.45, 2.75) is 0 Å². The number of hydrogen-bond acceptors (Lipinski definition) is 4. The molecule has 2 N–H and O–H groups in total. The number of pyridine rings is 2. The Morgan fingerprint density at radius 3 is 1.50 bits per heavy atom. The molecular formula is C10H6F2N2O2. The molecule has 0 bridgehead atoms. The minimum atomic E-state index is -0.863. The van der Waals surface area contributed by atoms with Crippen LogP contribution < -0.4 is 0 Å². The normalized spacial score (nSPS) is 10.4. The topological polar surface area (TPSA) is 66.2 Å². The van der Waals surface area contributed by atoms with Crippen LogP contribution in [0.1, 0.15) is 0 Å². The molecule has 0 atom stereocenters. The number of aromatic hydroxyl groups is 2. The molecule has 2 heterocycles. The van der Waals surface area contributed by atoms with Gasteiger partial charge < -0.3 is 10.2 Å². The van der Waals surface area contributed by atoms with Gasteiger partial charge >= 0.3 is 0 Å². The van der Waals surface area contributed by atoms with Gasteiger partial charge in [-0.3, -0.25) is 0 Å². The predicted octanol–water partition coefficient (Wildman–Crippen LogP) is 1.83. The minimum Gasteiger partial charge on any atom is -0.506 e. The van der Waals surface area contributed by atoms with Gasteiger partial charge in [-0.25, -0.2) is 9.97 Å². The standard InChI is InChI=1S/C10H6F2N2O2/c11-7-3-1-5(15)9(13-7)10-6(16)2-4-8(12)14-10/h1-4,15-16H. The third kappa shape index (κ3) is 1.77. The van der Waals surface area contributed by atoms with Gasteiger partial charge in [0.15, 0.2) is 0 Å². The van der Waals surface area contributed by atoms with Gasteiger partial charge in [-0.05, 0) is 24.3 Å². The summed E-state index contributed by atoms with van der Waals surface area (Å²) in [4.78, 5) is 6.68. The van der Waals surface area contributed by atoms with Crippen molar-refractivity contribution >= 4 is 0 Å². The highest BCUT2D eigenvalue weighted by molar-refractivity contribution is 5.67. The van der Waals surface area contributed by atoms with Crippen molar-refractivity contribution in [1.29, 1.82) is 0 Å². The largest absolute Gasteiger partial charge is 0.506 e. The van der Waals surface area contributed by atoms with Crippen LogP contribution in [0, 0.1) is 11.9 Å². The summed E-state index contributed by atoms with van der Waals surface area (Å²) in [5.74, 6) is -2.51. The molecule has 0 amide bonds. The van der Waals surface area contributed by atoms with Gasteiger partial charge in [0, 0.05) is 0 Å². The van der Waals surface area contributed by atoms with Crippen molar-refractivity contribution in [2.24, 2.45) is 0 Å². The summed E-state index contributed by atoms with van der Waals surface area (Å²) in [6, 6.07) is 3.97. The van der Waals surface area contributed by atoms with E-state index in [9.17, 15) is 19.0 Å². The molecule has 4 nitrogen and oxygen atoms in total. The van der Waals surface area contributed by atoms with Crippen LogP contribution in [0.15, 0.2) is 24.3 Å². The zero-order chi connectivity index (χ0) is 11.7. The lowest BCUT2D eigenvalue weighted by Gasteiger charge is -2.04. The molecule has 0 spiro atoms. The van der Waals surface area contributed by atoms with Crippen molar-refractivity contribution < 1.29 is 19.0 Å². The molecule has 0 unspecified atom stereocenters. The SMILES string of the molecule is Oc1ccc(F)nc1-c1nc(F)ccc1O. The van der Waals surface area contributed by atoms with Crippen molar-refractivity contribution in [2.75, 3.05) is 0 Å². The number of rotatable bonds is 1. The smallest absolute Gasteiger partial charge is 0.213 e. The third-order valence-corrected chi connectivity index (χ3v) is 1.90. The molecular weight excluding hydrogens is 218 g/mol. The Hall–Kier alpha value is -2.24. The predicted molar refractivity (Wildman–Crippen MR) is 50.7 cm³/mol. The molecule has 2 aromatic heterocycles. The van der Waals surface area contributed by atoms with Gasteiger partial charge in [0.1, 0.15) is 22.9 Å². The van der Waals surface area contributed by atoms with Gasteiger partial charge in [-0.15, -0.1) is 0 Å². The highest BCUT2D eigenvalue weighted by Crippen LogP contribution is 2.31. The number of nitrogens with zero attached hydrogens (tertiary/aromatic N) is 2. The van der Waals surface area contributed by atoms with E-state index >= 15 is 0 Å². The molecule has 0 aliphatic rings. The van der Waals surface area contributed by atoms with E-state index in [1.54, 1.807) is 0 Å². The maximum Gasteiger partial charge on any atom is 0.213 e. The van der Waals surface area contributed by atoms with E-state index in [0.29, 0.717) is 0 Å². The highest BCUT2D eigenvalue weighted by atomic mass is 19.1. The fourth-order valence-electron chi connectivity index (χ4n) is 1.20. The lowest BCUT2D eigenvalue weighted by Crippen LogP contribution is -1.93. The molecule has 16 heavy (non-hydrogen) atoms. The van der Waals surface area contributed by atoms with Crippen LogP contribution in [0.2, 0.25) is 0 Å². The first-order chi connectivity index (χ1) is 7.58. The monoisotopic (exact) mass is 224 g/mol. The maximum atomic E-state index is 12.8. The molecule has 0 saturated carbocycles. The van der Waals surface area contributed by atoms with Gasteiger partial charge in [-0.1, -0.05) is 0 Å². The Labute approximate surface area is 88.8 Å². The van der Waals surface area contributed by atoms with Gasteiger partial charge in [-0.2, -0.15) is 8.78 Å². The summed E-state index contributed by atoms with van der Waals surface area (Å²) in [5.41, 5.74) is -0.617. The highest BCUT2D eigenvalue weighted by Gasteiger charge is 2.14. The molecule has 2 rings (SSSR count). The Bertz CT molecular complexity index is 497. The van der Waals surface area contributed by atoms with Crippen molar-refractivity contribution in [3.05, 3.63) is 36.2 Å². The van der Waals surface area contributed by atoms with Crippen LogP contribution in [-0.4, -0.2) is 20.2 Å². The van der Waals surface area contributed by atoms with E-state index in [4.69, 9.17) is 0 Å². The summed E-state index contributed by atoms with van der Waals surface area (Å²) in [6.45, 7) is 0. The molecule has 6 heteroatoms. The maximum absolute atomic E-state index is 12.8. The van der Waals surface area contributed by atoms with E-state index in [-0.39, 0.29) is 11.4 Å². The molecule has 2 aromatic rings. The first-order valence-electron chi connectivity index (χ1n) is 4.29. The van der Waals surface area contributed by atoms with Crippen molar-refractivity contribution in [1.82, 2.24) is 9.97 Å². The second-order valence-corrected chi connectivity index (χ2v) is 3.00. The average molecular weight is 224 g/mol. The van der Waals surface area contributed by atoms with Crippen LogP contribution in [0.3, 0.4) is 0 Å². The van der Waals surface area contributed by atoms with Crippen LogP contribution in [0.25, 0.3) is 11.4 Å². The minimum absolute atomic E-state index is 0.308. The molecule has 82 valence electrons. The Morgan fingerprint density at radius 1 is 0.750 bits per heavy atom. The quantitative estimate of drug-likeness (QED) is 0.725. The number of hydrogen-bond donors (Lipinski definition) is 2. The van der Waals surface area contributed by atoms with Gasteiger partial charge in [0.05, 0.1) is 0 Å². The fourth-order valence-corrected chi connectivity index (χ4v) is 1.20. The van der Waals surface area contributed by atoms with Crippen LogP contribution in [0.5, 0.6) is 11.5 Å². The lowest BCUT2D eigenvalue weighted by atomic mass is 10.2. The molecule has 0 saturated heterocycles. The first kappa shape index (κ1) is 10.3. The first-order valence-corrected chi connectivity index (χ1v) is 4.29. The summed E-state index contributed by atoms with van der Waals surface area (Å²) in [6.07, 6.45) is 0. The van der Waals surface area contributed by atoms with Crippen LogP contribution in [0.4, 0.5) is 8.78 Å². The average Bonchev–Trinajstić information content (AvgIpc) is 2.25. The number of aromatic nitrogens is 2. The zero-order valence-electron chi connectivity index (χ0n) is 7.85. The third-order valence-electron chi connectivity index (χ3n) is 1.90. The second kappa shape index (κ2) is 3.73. The number of halogens is 2. The fraction of sp³-hybridized carbons (Fsp3) is 0. The molecule has 0 aliphatic carbocycles. The van der Waals surface area contributed by atoms with E-state index in [2.05, 4.69) is 9.97 Å². The molecule has 0 aromatic carbocycles. The Balaban J connectivity index is 2.66. The summed E-state index contributed by atoms with van der Waals surface area (Å²) in [7, 11) is 0. The van der Waals surface area contributed by atoms with E-state index < -0.39 is 23.4 Å². The van der Waals surface area contributed by atoms with Crippen molar-refractivity contribution in [3.8, 4) is 22.9 Å². The van der Waals surface area contributed by atoms with E-state index in [0.717, 1.165) is 24.3 Å². The van der Waals surface area contributed by atoms with Gasteiger partial charge in [0.25, 0.3) is 0 Å². The van der Waals surface area contributed by atoms with Gasteiger partial charge in [0.2, 0.25) is 11.9 Å². The Kier molecular flexibility index (Phi) is 2.40. The van der Waals surface area contributed by atoms with Crippen LogP contribution in [-0.2, 0) is 0 Å².